The molecule has 3 aromatic rings. The van der Waals surface area contributed by atoms with Crippen molar-refractivity contribution in [3.05, 3.63) is 107 Å². The molecule has 1 atom stereocenters. The Bertz CT molecular complexity index is 1370. The molecule has 1 aliphatic rings. The number of imide groups is 1. The Hall–Kier alpha value is -4.33. The SMILES string of the molecule is CC(C)(C)NC(=O)[C@H](Cc1ccccc1)N(Cc1ccccc1F)C(=O)CCCN1C(=O)c2ccccc2C1=O. The van der Waals surface area contributed by atoms with Crippen molar-refractivity contribution in [3.8, 4) is 0 Å². The molecule has 1 aliphatic heterocycles. The monoisotopic (exact) mass is 543 g/mol. The van der Waals surface area contributed by atoms with Crippen LogP contribution < -0.4 is 5.32 Å². The number of rotatable bonds is 10. The Balaban J connectivity index is 1.57. The Kier molecular flexibility index (Phi) is 8.77. The summed E-state index contributed by atoms with van der Waals surface area (Å²) in [5.41, 5.74) is 1.29. The number of nitrogens with zero attached hydrogens (tertiary/aromatic N) is 2. The lowest BCUT2D eigenvalue weighted by molar-refractivity contribution is -0.142. The minimum absolute atomic E-state index is 0.0318. The second-order valence-electron chi connectivity index (χ2n) is 11.0. The summed E-state index contributed by atoms with van der Waals surface area (Å²) in [6.45, 7) is 5.53. The van der Waals surface area contributed by atoms with E-state index < -0.39 is 17.4 Å². The summed E-state index contributed by atoms with van der Waals surface area (Å²) in [5.74, 6) is -1.96. The topological polar surface area (TPSA) is 86.8 Å². The number of fused-ring (bicyclic) bond motifs is 1. The molecule has 208 valence electrons. The summed E-state index contributed by atoms with van der Waals surface area (Å²) >= 11 is 0. The zero-order valence-electron chi connectivity index (χ0n) is 23.0. The highest BCUT2D eigenvalue weighted by molar-refractivity contribution is 6.21. The van der Waals surface area contributed by atoms with Gasteiger partial charge in [-0.2, -0.15) is 0 Å². The van der Waals surface area contributed by atoms with Crippen molar-refractivity contribution in [1.29, 1.82) is 0 Å². The smallest absolute Gasteiger partial charge is 0.261 e. The molecule has 0 bridgehead atoms. The van der Waals surface area contributed by atoms with Crippen LogP contribution in [0.4, 0.5) is 4.39 Å². The molecular weight excluding hydrogens is 509 g/mol. The fraction of sp³-hybridized carbons (Fsp3) is 0.312. The molecule has 40 heavy (non-hydrogen) atoms. The first-order chi connectivity index (χ1) is 19.0. The maximum absolute atomic E-state index is 14.7. The highest BCUT2D eigenvalue weighted by Crippen LogP contribution is 2.23. The quantitative estimate of drug-likeness (QED) is 0.374. The number of carbonyl (C=O) groups is 4. The normalized spacial score (nSPS) is 13.7. The maximum atomic E-state index is 14.7. The van der Waals surface area contributed by atoms with Gasteiger partial charge in [0.2, 0.25) is 11.8 Å². The van der Waals surface area contributed by atoms with E-state index in [1.54, 1.807) is 42.5 Å². The van der Waals surface area contributed by atoms with Gasteiger partial charge in [0, 0.05) is 37.0 Å². The van der Waals surface area contributed by atoms with Crippen molar-refractivity contribution in [2.75, 3.05) is 6.54 Å². The van der Waals surface area contributed by atoms with Crippen LogP contribution in [-0.2, 0) is 22.6 Å². The van der Waals surface area contributed by atoms with Crippen molar-refractivity contribution in [2.45, 2.75) is 58.2 Å². The third-order valence-corrected chi connectivity index (χ3v) is 6.72. The number of halogens is 1. The highest BCUT2D eigenvalue weighted by atomic mass is 19.1. The summed E-state index contributed by atoms with van der Waals surface area (Å²) in [4.78, 5) is 55.4. The van der Waals surface area contributed by atoms with Crippen LogP contribution >= 0.6 is 0 Å². The van der Waals surface area contributed by atoms with Crippen LogP contribution in [-0.4, -0.2) is 51.6 Å². The molecular formula is C32H34FN3O4. The van der Waals surface area contributed by atoms with Crippen LogP contribution in [0.1, 0.15) is 65.5 Å². The molecule has 7 nitrogen and oxygen atoms in total. The Morgan fingerprint density at radius 1 is 0.875 bits per heavy atom. The van der Waals surface area contributed by atoms with Gasteiger partial charge in [-0.3, -0.25) is 24.1 Å². The molecule has 0 aliphatic carbocycles. The number of nitrogens with one attached hydrogen (secondary N) is 1. The predicted molar refractivity (Wildman–Crippen MR) is 150 cm³/mol. The van der Waals surface area contributed by atoms with Gasteiger partial charge < -0.3 is 10.2 Å². The van der Waals surface area contributed by atoms with Crippen LogP contribution in [0.2, 0.25) is 0 Å². The van der Waals surface area contributed by atoms with Crippen molar-refractivity contribution in [2.24, 2.45) is 0 Å². The molecule has 0 fully saturated rings. The lowest BCUT2D eigenvalue weighted by Crippen LogP contribution is -2.54. The number of hydrogen-bond acceptors (Lipinski definition) is 4. The third-order valence-electron chi connectivity index (χ3n) is 6.72. The molecule has 0 unspecified atom stereocenters. The maximum Gasteiger partial charge on any atom is 0.261 e. The molecule has 1 N–H and O–H groups in total. The standard InChI is InChI=1S/C32H34FN3O4/c1-32(2,3)34-29(38)27(20-22-12-5-4-6-13-22)36(21-23-14-7-10-17-26(23)33)28(37)18-11-19-35-30(39)24-15-8-9-16-25(24)31(35)40/h4-10,12-17,27H,11,18-21H2,1-3H3,(H,34,38)/t27-/m0/s1. The first-order valence-electron chi connectivity index (χ1n) is 13.4. The number of hydrogen-bond donors (Lipinski definition) is 1. The fourth-order valence-corrected chi connectivity index (χ4v) is 4.79. The zero-order valence-corrected chi connectivity index (χ0v) is 23.0. The summed E-state index contributed by atoms with van der Waals surface area (Å²) in [5, 5.41) is 2.97. The van der Waals surface area contributed by atoms with E-state index in [-0.39, 0.29) is 61.5 Å². The minimum atomic E-state index is -0.909. The fourth-order valence-electron chi connectivity index (χ4n) is 4.79. The van der Waals surface area contributed by atoms with Gasteiger partial charge in [-0.15, -0.1) is 0 Å². The molecule has 0 aromatic heterocycles. The molecule has 0 spiro atoms. The van der Waals surface area contributed by atoms with Gasteiger partial charge >= 0.3 is 0 Å². The highest BCUT2D eigenvalue weighted by Gasteiger charge is 2.36. The second kappa shape index (κ2) is 12.2. The average Bonchev–Trinajstić information content (AvgIpc) is 3.16. The van der Waals surface area contributed by atoms with Crippen molar-refractivity contribution >= 4 is 23.6 Å². The molecule has 3 aromatic carbocycles. The van der Waals surface area contributed by atoms with E-state index in [1.165, 1.54) is 11.0 Å². The number of carbonyl (C=O) groups excluding carboxylic acids is 4. The average molecular weight is 544 g/mol. The van der Waals surface area contributed by atoms with Crippen molar-refractivity contribution in [1.82, 2.24) is 15.1 Å². The molecule has 4 rings (SSSR count). The van der Waals surface area contributed by atoms with Crippen LogP contribution in [0.3, 0.4) is 0 Å². The van der Waals surface area contributed by atoms with E-state index in [9.17, 15) is 23.6 Å². The Morgan fingerprint density at radius 3 is 2.05 bits per heavy atom. The van der Waals surface area contributed by atoms with Crippen LogP contribution in [0.15, 0.2) is 78.9 Å². The first-order valence-corrected chi connectivity index (χ1v) is 13.4. The van der Waals surface area contributed by atoms with E-state index in [4.69, 9.17) is 0 Å². The van der Waals surface area contributed by atoms with Crippen molar-refractivity contribution < 1.29 is 23.6 Å². The third kappa shape index (κ3) is 6.81. The summed E-state index contributed by atoms with van der Waals surface area (Å²) in [7, 11) is 0. The molecule has 8 heteroatoms. The Morgan fingerprint density at radius 2 is 1.45 bits per heavy atom. The Labute approximate surface area is 234 Å². The van der Waals surface area contributed by atoms with Crippen molar-refractivity contribution in [3.63, 3.8) is 0 Å². The minimum Gasteiger partial charge on any atom is -0.350 e. The van der Waals surface area contributed by atoms with Crippen LogP contribution in [0, 0.1) is 5.82 Å². The van der Waals surface area contributed by atoms with Gasteiger partial charge in [0.25, 0.3) is 11.8 Å². The number of benzene rings is 3. The largest absolute Gasteiger partial charge is 0.350 e. The van der Waals surface area contributed by atoms with E-state index in [0.29, 0.717) is 11.1 Å². The summed E-state index contributed by atoms with van der Waals surface area (Å²) < 4.78 is 14.7. The first kappa shape index (κ1) is 28.7. The molecule has 0 saturated heterocycles. The lowest BCUT2D eigenvalue weighted by atomic mass is 10.00. The van der Waals surface area contributed by atoms with Gasteiger partial charge in [0.05, 0.1) is 11.1 Å². The summed E-state index contributed by atoms with van der Waals surface area (Å²) in [6.07, 6.45) is 0.411. The van der Waals surface area contributed by atoms with Crippen LogP contribution in [0.5, 0.6) is 0 Å². The molecule has 0 radical (unpaired) electrons. The van der Waals surface area contributed by atoms with E-state index in [2.05, 4.69) is 5.32 Å². The lowest BCUT2D eigenvalue weighted by Gasteiger charge is -2.34. The van der Waals surface area contributed by atoms with Crippen LogP contribution in [0.25, 0.3) is 0 Å². The van der Waals surface area contributed by atoms with E-state index in [1.807, 2.05) is 51.1 Å². The van der Waals surface area contributed by atoms with Gasteiger partial charge in [-0.05, 0) is 51.0 Å². The summed E-state index contributed by atoms with van der Waals surface area (Å²) in [6, 6.07) is 21.2. The molecule has 0 saturated carbocycles. The predicted octanol–water partition coefficient (Wildman–Crippen LogP) is 4.76. The molecule has 1 heterocycles. The second-order valence-corrected chi connectivity index (χ2v) is 11.0. The van der Waals surface area contributed by atoms with Gasteiger partial charge in [-0.25, -0.2) is 4.39 Å². The van der Waals surface area contributed by atoms with E-state index >= 15 is 0 Å². The van der Waals surface area contributed by atoms with Gasteiger partial charge in [0.15, 0.2) is 0 Å². The molecule has 4 amide bonds. The zero-order chi connectivity index (χ0) is 28.9. The number of amides is 4. The van der Waals surface area contributed by atoms with Gasteiger partial charge in [-0.1, -0.05) is 60.7 Å². The van der Waals surface area contributed by atoms with Gasteiger partial charge in [0.1, 0.15) is 11.9 Å². The van der Waals surface area contributed by atoms with E-state index in [0.717, 1.165) is 10.5 Å².